The van der Waals surface area contributed by atoms with Gasteiger partial charge in [-0.2, -0.15) is 22.0 Å². The number of aliphatic hydroxyl groups is 1. The molecule has 0 bridgehead atoms. The molecule has 2 fully saturated rings. The summed E-state index contributed by atoms with van der Waals surface area (Å²) < 4.78 is 33.4. The van der Waals surface area contributed by atoms with Crippen molar-refractivity contribution in [1.82, 2.24) is 13.6 Å². The maximum atomic E-state index is 12.5. The number of benzene rings is 1. The van der Waals surface area contributed by atoms with Gasteiger partial charge in [0.15, 0.2) is 5.58 Å². The number of nitrogens with zero attached hydrogens (tertiary/aromatic N) is 4. The Bertz CT molecular complexity index is 879. The van der Waals surface area contributed by atoms with Crippen LogP contribution in [-0.2, 0) is 10.2 Å². The minimum atomic E-state index is -3.48. The van der Waals surface area contributed by atoms with Crippen LogP contribution in [0, 0.1) is 5.92 Å². The van der Waals surface area contributed by atoms with E-state index in [1.165, 1.54) is 22.7 Å². The lowest BCUT2D eigenvalue weighted by Crippen LogP contribution is -2.61. The summed E-state index contributed by atoms with van der Waals surface area (Å²) in [5.41, 5.74) is 0.688. The Balaban J connectivity index is 1.56. The number of para-hydroxylation sites is 2. The van der Waals surface area contributed by atoms with Crippen molar-refractivity contribution in [2.75, 3.05) is 45.2 Å². The molecule has 2 saturated heterocycles. The highest BCUT2D eigenvalue weighted by atomic mass is 32.2. The number of hydrogen-bond donors (Lipinski definition) is 1. The van der Waals surface area contributed by atoms with Crippen molar-refractivity contribution < 1.29 is 17.9 Å². The summed E-state index contributed by atoms with van der Waals surface area (Å²) in [7, 11) is -0.423. The van der Waals surface area contributed by atoms with Crippen molar-refractivity contribution >= 4 is 27.3 Å². The first-order valence-corrected chi connectivity index (χ1v) is 10.2. The molecule has 9 heteroatoms. The van der Waals surface area contributed by atoms with Crippen LogP contribution in [0.15, 0.2) is 28.7 Å². The zero-order valence-electron chi connectivity index (χ0n) is 15.0. The molecule has 1 N–H and O–H groups in total. The van der Waals surface area contributed by atoms with Crippen molar-refractivity contribution in [3.63, 3.8) is 0 Å². The average molecular weight is 380 g/mol. The van der Waals surface area contributed by atoms with Gasteiger partial charge in [-0.25, -0.2) is 0 Å². The lowest BCUT2D eigenvalue weighted by atomic mass is 9.76. The van der Waals surface area contributed by atoms with Crippen molar-refractivity contribution in [2.45, 2.75) is 18.4 Å². The number of aromatic nitrogens is 1. The lowest BCUT2D eigenvalue weighted by molar-refractivity contribution is -0.0699. The highest BCUT2D eigenvalue weighted by molar-refractivity contribution is 7.86. The van der Waals surface area contributed by atoms with Gasteiger partial charge in [0.2, 0.25) is 0 Å². The van der Waals surface area contributed by atoms with Gasteiger partial charge in [-0.1, -0.05) is 12.1 Å². The van der Waals surface area contributed by atoms with Crippen molar-refractivity contribution in [3.05, 3.63) is 24.3 Å². The Kier molecular flexibility index (Phi) is 4.22. The Hall–Kier alpha value is -1.68. The Morgan fingerprint density at radius 3 is 2.69 bits per heavy atom. The molecule has 2 aliphatic rings. The molecule has 0 saturated carbocycles. The van der Waals surface area contributed by atoms with E-state index in [0.717, 1.165) is 11.1 Å². The fourth-order valence-electron chi connectivity index (χ4n) is 3.88. The fraction of sp³-hybridized carbons (Fsp3) is 0.588. The third-order valence-corrected chi connectivity index (χ3v) is 7.48. The first kappa shape index (κ1) is 17.7. The van der Waals surface area contributed by atoms with E-state index in [0.29, 0.717) is 45.0 Å². The summed E-state index contributed by atoms with van der Waals surface area (Å²) in [5.74, 6) is -0.185. The van der Waals surface area contributed by atoms with Crippen LogP contribution < -0.4 is 4.90 Å². The molecule has 0 spiro atoms. The van der Waals surface area contributed by atoms with Crippen LogP contribution in [0.2, 0.25) is 0 Å². The Morgan fingerprint density at radius 1 is 1.23 bits per heavy atom. The number of fused-ring (bicyclic) bond motifs is 2. The third-order valence-electron chi connectivity index (χ3n) is 5.57. The normalized spacial score (nSPS) is 27.8. The second-order valence-corrected chi connectivity index (χ2v) is 9.50. The number of anilines is 1. The van der Waals surface area contributed by atoms with Crippen LogP contribution in [0.5, 0.6) is 0 Å². The zero-order valence-corrected chi connectivity index (χ0v) is 15.8. The van der Waals surface area contributed by atoms with Crippen molar-refractivity contribution in [3.8, 4) is 0 Å². The van der Waals surface area contributed by atoms with Gasteiger partial charge in [0, 0.05) is 46.2 Å². The van der Waals surface area contributed by atoms with Crippen LogP contribution in [0.4, 0.5) is 6.01 Å². The first-order chi connectivity index (χ1) is 12.3. The first-order valence-electron chi connectivity index (χ1n) is 8.80. The molecule has 1 aromatic heterocycles. The van der Waals surface area contributed by atoms with Gasteiger partial charge in [0.25, 0.3) is 16.2 Å². The molecule has 0 amide bonds. The summed E-state index contributed by atoms with van der Waals surface area (Å²) in [6.45, 7) is 1.80. The maximum Gasteiger partial charge on any atom is 0.298 e. The van der Waals surface area contributed by atoms with Gasteiger partial charge in [-0.3, -0.25) is 0 Å². The molecule has 0 unspecified atom stereocenters. The highest BCUT2D eigenvalue weighted by Crippen LogP contribution is 2.38. The summed E-state index contributed by atoms with van der Waals surface area (Å²) >= 11 is 0. The van der Waals surface area contributed by atoms with E-state index < -0.39 is 15.8 Å². The van der Waals surface area contributed by atoms with Gasteiger partial charge in [0.1, 0.15) is 5.52 Å². The van der Waals surface area contributed by atoms with E-state index in [1.54, 1.807) is 0 Å². The van der Waals surface area contributed by atoms with Gasteiger partial charge in [-0.15, -0.1) is 0 Å². The second-order valence-electron chi connectivity index (χ2n) is 7.36. The van der Waals surface area contributed by atoms with E-state index in [9.17, 15) is 13.5 Å². The van der Waals surface area contributed by atoms with Crippen LogP contribution in [0.1, 0.15) is 12.8 Å². The molecule has 4 rings (SSSR count). The Labute approximate surface area is 153 Å². The number of oxazole rings is 1. The van der Waals surface area contributed by atoms with E-state index in [2.05, 4.69) is 4.98 Å². The lowest BCUT2D eigenvalue weighted by Gasteiger charge is -2.49. The predicted octanol–water partition coefficient (Wildman–Crippen LogP) is 0.897. The molecule has 142 valence electrons. The van der Waals surface area contributed by atoms with E-state index in [-0.39, 0.29) is 5.92 Å². The molecule has 2 aliphatic heterocycles. The predicted molar refractivity (Wildman–Crippen MR) is 98.1 cm³/mol. The second kappa shape index (κ2) is 6.19. The summed E-state index contributed by atoms with van der Waals surface area (Å²) in [6.07, 6.45) is 1.03. The molecular weight excluding hydrogens is 356 g/mol. The topological polar surface area (TPSA) is 90.1 Å². The van der Waals surface area contributed by atoms with Crippen molar-refractivity contribution in [1.29, 1.82) is 0 Å². The van der Waals surface area contributed by atoms with Crippen LogP contribution >= 0.6 is 0 Å². The smallest absolute Gasteiger partial charge is 0.298 e. The molecule has 3 heterocycles. The largest absolute Gasteiger partial charge is 0.423 e. The molecule has 0 aliphatic carbocycles. The minimum absolute atomic E-state index is 0.185. The fourth-order valence-corrected chi connectivity index (χ4v) is 5.03. The average Bonchev–Trinajstić information content (AvgIpc) is 3.04. The quantitative estimate of drug-likeness (QED) is 0.851. The highest BCUT2D eigenvalue weighted by Gasteiger charge is 2.48. The molecule has 26 heavy (non-hydrogen) atoms. The van der Waals surface area contributed by atoms with Gasteiger partial charge < -0.3 is 14.4 Å². The molecule has 2 aromatic rings. The van der Waals surface area contributed by atoms with Gasteiger partial charge in [-0.05, 0) is 25.0 Å². The third kappa shape index (κ3) is 2.88. The molecule has 0 radical (unpaired) electrons. The molecule has 8 nitrogen and oxygen atoms in total. The van der Waals surface area contributed by atoms with E-state index in [1.807, 2.05) is 29.2 Å². The molecular formula is C17H24N4O4S. The van der Waals surface area contributed by atoms with Crippen LogP contribution in [0.25, 0.3) is 11.1 Å². The standard InChI is InChI=1S/C17H24N4O4S/c1-19(2)26(23,24)21-10-8-17(22)7-9-20(11-13(17)12-21)16-18-14-5-3-4-6-15(14)25-16/h3-6,13,22H,7-12H2,1-2H3/t13-,17-/m1/s1. The summed E-state index contributed by atoms with van der Waals surface area (Å²) in [4.78, 5) is 6.54. The van der Waals surface area contributed by atoms with E-state index >= 15 is 0 Å². The van der Waals surface area contributed by atoms with Gasteiger partial charge in [0.05, 0.1) is 5.60 Å². The zero-order chi connectivity index (χ0) is 18.5. The summed E-state index contributed by atoms with van der Waals surface area (Å²) in [5, 5.41) is 11.0. The molecule has 1 aromatic carbocycles. The minimum Gasteiger partial charge on any atom is -0.423 e. The van der Waals surface area contributed by atoms with Crippen LogP contribution in [0.3, 0.4) is 0 Å². The monoisotopic (exact) mass is 380 g/mol. The number of piperidine rings is 2. The van der Waals surface area contributed by atoms with E-state index in [4.69, 9.17) is 4.42 Å². The number of hydrogen-bond acceptors (Lipinski definition) is 6. The Morgan fingerprint density at radius 2 is 1.96 bits per heavy atom. The maximum absolute atomic E-state index is 12.5. The summed E-state index contributed by atoms with van der Waals surface area (Å²) in [6, 6.07) is 8.11. The SMILES string of the molecule is CN(C)S(=O)(=O)N1CC[C@]2(O)CCN(c3nc4ccccc4o3)C[C@@H]2C1. The molecule has 2 atom stereocenters. The number of rotatable bonds is 3. The van der Waals surface area contributed by atoms with Crippen LogP contribution in [-0.4, -0.2) is 73.0 Å². The van der Waals surface area contributed by atoms with Gasteiger partial charge >= 0.3 is 0 Å². The van der Waals surface area contributed by atoms with Crippen molar-refractivity contribution in [2.24, 2.45) is 5.92 Å².